The van der Waals surface area contributed by atoms with Gasteiger partial charge >= 0.3 is 0 Å². The van der Waals surface area contributed by atoms with Crippen molar-refractivity contribution in [2.24, 2.45) is 0 Å². The van der Waals surface area contributed by atoms with E-state index in [1.165, 1.54) is 23.1 Å². The molecule has 1 heterocycles. The maximum Gasteiger partial charge on any atom is 0.255 e. The number of thioether (sulfide) groups is 1. The van der Waals surface area contributed by atoms with Gasteiger partial charge in [0.25, 0.3) is 5.91 Å². The molecular formula is C25H19Cl2N3O2S2. The van der Waals surface area contributed by atoms with Crippen LogP contribution in [-0.2, 0) is 4.79 Å². The average molecular weight is 528 g/mol. The van der Waals surface area contributed by atoms with Crippen molar-refractivity contribution in [2.45, 2.75) is 11.8 Å². The van der Waals surface area contributed by atoms with Gasteiger partial charge in [0.2, 0.25) is 5.91 Å². The third-order valence-electron chi connectivity index (χ3n) is 4.72. The zero-order valence-electron chi connectivity index (χ0n) is 18.0. The molecule has 9 heteroatoms. The predicted octanol–water partition coefficient (Wildman–Crippen LogP) is 7.41. The quantitative estimate of drug-likeness (QED) is 0.245. The Morgan fingerprint density at radius 1 is 1.00 bits per heavy atom. The van der Waals surface area contributed by atoms with Gasteiger partial charge in [0.05, 0.1) is 16.5 Å². The molecule has 4 aromatic rings. The zero-order valence-corrected chi connectivity index (χ0v) is 21.1. The minimum absolute atomic E-state index is 0.161. The van der Waals surface area contributed by atoms with E-state index in [9.17, 15) is 9.59 Å². The van der Waals surface area contributed by atoms with E-state index in [2.05, 4.69) is 15.6 Å². The minimum atomic E-state index is -0.162. The lowest BCUT2D eigenvalue weighted by molar-refractivity contribution is -0.113. The summed E-state index contributed by atoms with van der Waals surface area (Å²) in [7, 11) is 0. The van der Waals surface area contributed by atoms with E-state index in [0.29, 0.717) is 32.1 Å². The molecule has 2 amide bonds. The molecule has 0 spiro atoms. The van der Waals surface area contributed by atoms with Crippen molar-refractivity contribution < 1.29 is 9.59 Å². The molecule has 0 unspecified atom stereocenters. The number of aromatic nitrogens is 1. The van der Waals surface area contributed by atoms with Gasteiger partial charge in [-0.05, 0) is 61.5 Å². The first-order valence-electron chi connectivity index (χ1n) is 10.2. The Kier molecular flexibility index (Phi) is 7.90. The summed E-state index contributed by atoms with van der Waals surface area (Å²) in [5.74, 6) is -0.0953. The smallest absolute Gasteiger partial charge is 0.255 e. The molecule has 34 heavy (non-hydrogen) atoms. The monoisotopic (exact) mass is 527 g/mol. The van der Waals surface area contributed by atoms with Gasteiger partial charge in [-0.2, -0.15) is 0 Å². The van der Waals surface area contributed by atoms with E-state index < -0.39 is 0 Å². The molecule has 0 aliphatic carbocycles. The van der Waals surface area contributed by atoms with E-state index in [1.54, 1.807) is 24.3 Å². The van der Waals surface area contributed by atoms with Crippen molar-refractivity contribution in [1.82, 2.24) is 4.98 Å². The molecular weight excluding hydrogens is 509 g/mol. The summed E-state index contributed by atoms with van der Waals surface area (Å²) in [6, 6.07) is 20.0. The first-order valence-corrected chi connectivity index (χ1v) is 12.8. The van der Waals surface area contributed by atoms with Crippen LogP contribution in [0.4, 0.5) is 10.8 Å². The molecule has 0 saturated carbocycles. The number of nitrogens with one attached hydrogen (secondary N) is 2. The number of anilines is 2. The lowest BCUT2D eigenvalue weighted by Crippen LogP contribution is -2.13. The predicted molar refractivity (Wildman–Crippen MR) is 142 cm³/mol. The Bertz CT molecular complexity index is 1340. The summed E-state index contributed by atoms with van der Waals surface area (Å²) >= 11 is 14.9. The second-order valence-electron chi connectivity index (χ2n) is 7.35. The number of rotatable bonds is 7. The third kappa shape index (κ3) is 6.39. The van der Waals surface area contributed by atoms with Crippen LogP contribution in [-0.4, -0.2) is 22.6 Å². The van der Waals surface area contributed by atoms with E-state index in [4.69, 9.17) is 23.2 Å². The summed E-state index contributed by atoms with van der Waals surface area (Å²) in [4.78, 5) is 30.1. The number of thiazole rings is 1. The maximum atomic E-state index is 12.4. The van der Waals surface area contributed by atoms with Crippen molar-refractivity contribution in [3.8, 4) is 11.3 Å². The molecule has 0 radical (unpaired) electrons. The fraction of sp³-hybridized carbons (Fsp3) is 0.0800. The molecule has 5 nitrogen and oxygen atoms in total. The Morgan fingerprint density at radius 3 is 2.53 bits per heavy atom. The number of hydrogen-bond acceptors (Lipinski definition) is 5. The Hall–Kier alpha value is -2.84. The molecule has 0 aliphatic rings. The van der Waals surface area contributed by atoms with Gasteiger partial charge in [-0.15, -0.1) is 23.1 Å². The van der Waals surface area contributed by atoms with E-state index in [1.807, 2.05) is 54.8 Å². The number of nitrogens with zero attached hydrogens (tertiary/aromatic N) is 1. The highest BCUT2D eigenvalue weighted by molar-refractivity contribution is 8.00. The number of amides is 2. The van der Waals surface area contributed by atoms with Gasteiger partial charge in [-0.25, -0.2) is 4.98 Å². The van der Waals surface area contributed by atoms with Crippen molar-refractivity contribution in [3.05, 3.63) is 93.3 Å². The molecule has 172 valence electrons. The van der Waals surface area contributed by atoms with E-state index in [-0.39, 0.29) is 17.6 Å². The van der Waals surface area contributed by atoms with E-state index in [0.717, 1.165) is 16.0 Å². The van der Waals surface area contributed by atoms with Crippen molar-refractivity contribution >= 4 is 68.9 Å². The molecule has 3 aromatic carbocycles. The van der Waals surface area contributed by atoms with Crippen molar-refractivity contribution in [3.63, 3.8) is 0 Å². The van der Waals surface area contributed by atoms with Crippen LogP contribution in [0.5, 0.6) is 0 Å². The Labute approximate surface area is 215 Å². The normalized spacial score (nSPS) is 10.7. The molecule has 0 atom stereocenters. The molecule has 2 N–H and O–H groups in total. The lowest BCUT2D eigenvalue weighted by atomic mass is 10.1. The van der Waals surface area contributed by atoms with Crippen LogP contribution >= 0.6 is 46.3 Å². The number of halogens is 2. The second-order valence-corrected chi connectivity index (χ2v) is 10.1. The van der Waals surface area contributed by atoms with E-state index >= 15 is 0 Å². The zero-order chi connectivity index (χ0) is 24.1. The minimum Gasteiger partial charge on any atom is -0.322 e. The van der Waals surface area contributed by atoms with Gasteiger partial charge in [0.1, 0.15) is 0 Å². The van der Waals surface area contributed by atoms with Crippen LogP contribution in [0.2, 0.25) is 10.0 Å². The average Bonchev–Trinajstić information content (AvgIpc) is 3.26. The largest absolute Gasteiger partial charge is 0.322 e. The van der Waals surface area contributed by atoms with Gasteiger partial charge in [0, 0.05) is 32.1 Å². The molecule has 0 bridgehead atoms. The highest BCUT2D eigenvalue weighted by atomic mass is 35.5. The highest BCUT2D eigenvalue weighted by Crippen LogP contribution is 2.32. The van der Waals surface area contributed by atoms with Crippen LogP contribution in [0.3, 0.4) is 0 Å². The maximum absolute atomic E-state index is 12.4. The van der Waals surface area contributed by atoms with Crippen LogP contribution in [0.15, 0.2) is 77.0 Å². The van der Waals surface area contributed by atoms with Gasteiger partial charge in [-0.1, -0.05) is 40.9 Å². The lowest BCUT2D eigenvalue weighted by Gasteiger charge is -2.07. The van der Waals surface area contributed by atoms with Gasteiger partial charge in [-0.3, -0.25) is 9.59 Å². The molecule has 0 aliphatic heterocycles. The SMILES string of the molecule is Cc1cccc(C(=O)Nc2ccc(SCC(=O)Nc3nc(-c4ccc(Cl)cc4Cl)cs3)cc2)c1. The van der Waals surface area contributed by atoms with Gasteiger partial charge in [0.15, 0.2) is 5.13 Å². The second kappa shape index (κ2) is 11.1. The number of aryl methyl sites for hydroxylation is 1. The van der Waals surface area contributed by atoms with Gasteiger partial charge < -0.3 is 10.6 Å². The summed E-state index contributed by atoms with van der Waals surface area (Å²) in [6.45, 7) is 1.95. The fourth-order valence-corrected chi connectivity index (χ4v) is 5.01. The van der Waals surface area contributed by atoms with Crippen LogP contribution in [0.25, 0.3) is 11.3 Å². The van der Waals surface area contributed by atoms with Crippen LogP contribution in [0, 0.1) is 6.92 Å². The molecule has 0 fully saturated rings. The van der Waals surface area contributed by atoms with Crippen LogP contribution < -0.4 is 10.6 Å². The number of hydrogen-bond donors (Lipinski definition) is 2. The topological polar surface area (TPSA) is 71.1 Å². The highest BCUT2D eigenvalue weighted by Gasteiger charge is 2.12. The summed E-state index contributed by atoms with van der Waals surface area (Å²) < 4.78 is 0. The summed E-state index contributed by atoms with van der Waals surface area (Å²) in [6.07, 6.45) is 0. The summed E-state index contributed by atoms with van der Waals surface area (Å²) in [5, 5.41) is 9.09. The Morgan fingerprint density at radius 2 is 1.79 bits per heavy atom. The standard InChI is InChI=1S/C25H19Cl2N3O2S2/c1-15-3-2-4-16(11-15)24(32)28-18-6-8-19(9-7-18)33-14-23(31)30-25-29-22(13-34-25)20-10-5-17(26)12-21(20)27/h2-13H,14H2,1H3,(H,28,32)(H,29,30,31). The molecule has 1 aromatic heterocycles. The number of carbonyl (C=O) groups excluding carboxylic acids is 2. The van der Waals surface area contributed by atoms with Crippen LogP contribution in [0.1, 0.15) is 15.9 Å². The van der Waals surface area contributed by atoms with Crippen molar-refractivity contribution in [1.29, 1.82) is 0 Å². The fourth-order valence-electron chi connectivity index (χ4n) is 3.08. The first-order chi connectivity index (χ1) is 16.4. The Balaban J connectivity index is 1.29. The number of benzene rings is 3. The third-order valence-corrected chi connectivity index (χ3v) is 7.04. The molecule has 4 rings (SSSR count). The summed E-state index contributed by atoms with van der Waals surface area (Å²) in [5.41, 5.74) is 3.76. The van der Waals surface area contributed by atoms with Crippen molar-refractivity contribution in [2.75, 3.05) is 16.4 Å². The first kappa shape index (κ1) is 24.3. The number of carbonyl (C=O) groups is 2. The molecule has 0 saturated heterocycles.